The summed E-state index contributed by atoms with van der Waals surface area (Å²) in [5.41, 5.74) is 1.50. The molecule has 0 aromatic heterocycles. The molecule has 0 fully saturated rings. The Bertz CT molecular complexity index is 806. The Labute approximate surface area is 164 Å². The lowest BCUT2D eigenvalue weighted by Crippen LogP contribution is -2.32. The Kier molecular flexibility index (Phi) is 7.63. The molecule has 0 bridgehead atoms. The first-order valence-corrected chi connectivity index (χ1v) is 9.00. The quantitative estimate of drug-likeness (QED) is 0.545. The fraction of sp³-hybridized carbons (Fsp3) is 0.200. The predicted octanol–water partition coefficient (Wildman–Crippen LogP) is 4.90. The normalized spacial score (nSPS) is 10.8. The van der Waals surface area contributed by atoms with Gasteiger partial charge >= 0.3 is 0 Å². The van der Waals surface area contributed by atoms with Crippen LogP contribution in [0, 0.1) is 5.92 Å². The summed E-state index contributed by atoms with van der Waals surface area (Å²) in [7, 11) is 0. The molecule has 26 heavy (non-hydrogen) atoms. The molecule has 0 saturated heterocycles. The number of carbonyl (C=O) groups excluding carboxylic acids is 1. The van der Waals surface area contributed by atoms with Gasteiger partial charge in [0.15, 0.2) is 5.11 Å². The molecule has 4 nitrogen and oxygen atoms in total. The SMILES string of the molecule is CC(C)COc1cccc(NC(=S)NC(=O)/C=C/c2ccccc2Cl)c1. The highest BCUT2D eigenvalue weighted by molar-refractivity contribution is 7.80. The first-order chi connectivity index (χ1) is 12.4. The molecule has 2 rings (SSSR count). The molecule has 2 N–H and O–H groups in total. The minimum absolute atomic E-state index is 0.208. The summed E-state index contributed by atoms with van der Waals surface area (Å²) in [5.74, 6) is 0.850. The smallest absolute Gasteiger partial charge is 0.250 e. The predicted molar refractivity (Wildman–Crippen MR) is 112 cm³/mol. The van der Waals surface area contributed by atoms with Crippen molar-refractivity contribution in [2.24, 2.45) is 5.92 Å². The molecular weight excluding hydrogens is 368 g/mol. The van der Waals surface area contributed by atoms with E-state index in [0.717, 1.165) is 17.0 Å². The number of benzene rings is 2. The second-order valence-electron chi connectivity index (χ2n) is 6.03. The Balaban J connectivity index is 1.89. The van der Waals surface area contributed by atoms with Gasteiger partial charge in [-0.1, -0.05) is 49.7 Å². The lowest BCUT2D eigenvalue weighted by molar-refractivity contribution is -0.115. The van der Waals surface area contributed by atoms with E-state index in [-0.39, 0.29) is 11.0 Å². The zero-order valence-electron chi connectivity index (χ0n) is 14.7. The second kappa shape index (κ2) is 9.94. The fourth-order valence-corrected chi connectivity index (χ4v) is 2.44. The number of amides is 1. The molecule has 6 heteroatoms. The number of halogens is 1. The van der Waals surface area contributed by atoms with E-state index in [1.807, 2.05) is 42.5 Å². The van der Waals surface area contributed by atoms with Crippen molar-refractivity contribution >= 4 is 46.6 Å². The minimum Gasteiger partial charge on any atom is -0.493 e. The fourth-order valence-electron chi connectivity index (χ4n) is 2.02. The number of nitrogens with one attached hydrogen (secondary N) is 2. The first kappa shape index (κ1) is 19.9. The van der Waals surface area contributed by atoms with Crippen LogP contribution in [0.15, 0.2) is 54.6 Å². The van der Waals surface area contributed by atoms with Crippen LogP contribution in [0.5, 0.6) is 5.75 Å². The number of carbonyl (C=O) groups is 1. The van der Waals surface area contributed by atoms with Gasteiger partial charge in [0, 0.05) is 22.9 Å². The van der Waals surface area contributed by atoms with Gasteiger partial charge in [-0.25, -0.2) is 0 Å². The van der Waals surface area contributed by atoms with Crippen LogP contribution in [0.2, 0.25) is 5.02 Å². The molecule has 0 aliphatic heterocycles. The molecule has 0 unspecified atom stereocenters. The average molecular weight is 389 g/mol. The number of hydrogen-bond acceptors (Lipinski definition) is 3. The average Bonchev–Trinajstić information content (AvgIpc) is 2.59. The highest BCUT2D eigenvalue weighted by atomic mass is 35.5. The zero-order chi connectivity index (χ0) is 18.9. The number of ether oxygens (including phenoxy) is 1. The number of thiocarbonyl (C=S) groups is 1. The molecule has 0 spiro atoms. The van der Waals surface area contributed by atoms with Gasteiger partial charge in [-0.05, 0) is 48.0 Å². The minimum atomic E-state index is -0.338. The van der Waals surface area contributed by atoms with Crippen molar-refractivity contribution in [3.63, 3.8) is 0 Å². The summed E-state index contributed by atoms with van der Waals surface area (Å²) >= 11 is 11.2. The van der Waals surface area contributed by atoms with Crippen molar-refractivity contribution in [3.8, 4) is 5.75 Å². The van der Waals surface area contributed by atoms with Crippen LogP contribution < -0.4 is 15.4 Å². The van der Waals surface area contributed by atoms with Crippen molar-refractivity contribution in [2.75, 3.05) is 11.9 Å². The largest absolute Gasteiger partial charge is 0.493 e. The molecule has 0 radical (unpaired) electrons. The maximum absolute atomic E-state index is 12.0. The van der Waals surface area contributed by atoms with Gasteiger partial charge < -0.3 is 10.1 Å². The van der Waals surface area contributed by atoms with Crippen LogP contribution in [0.1, 0.15) is 19.4 Å². The Morgan fingerprint density at radius 3 is 2.73 bits per heavy atom. The van der Waals surface area contributed by atoms with Crippen molar-refractivity contribution < 1.29 is 9.53 Å². The van der Waals surface area contributed by atoms with E-state index in [9.17, 15) is 4.79 Å². The van der Waals surface area contributed by atoms with E-state index >= 15 is 0 Å². The topological polar surface area (TPSA) is 50.4 Å². The van der Waals surface area contributed by atoms with Gasteiger partial charge in [0.25, 0.3) is 0 Å². The van der Waals surface area contributed by atoms with Crippen molar-refractivity contribution in [2.45, 2.75) is 13.8 Å². The van der Waals surface area contributed by atoms with Crippen LogP contribution in [-0.4, -0.2) is 17.6 Å². The van der Waals surface area contributed by atoms with E-state index in [1.54, 1.807) is 12.1 Å². The van der Waals surface area contributed by atoms with Gasteiger partial charge in [-0.2, -0.15) is 0 Å². The summed E-state index contributed by atoms with van der Waals surface area (Å²) in [6, 6.07) is 14.7. The summed E-state index contributed by atoms with van der Waals surface area (Å²) in [4.78, 5) is 12.0. The van der Waals surface area contributed by atoms with Gasteiger partial charge in [0.05, 0.1) is 6.61 Å². The zero-order valence-corrected chi connectivity index (χ0v) is 16.2. The van der Waals surface area contributed by atoms with Crippen molar-refractivity contribution in [1.29, 1.82) is 0 Å². The molecule has 2 aromatic carbocycles. The van der Waals surface area contributed by atoms with Crippen LogP contribution in [0.4, 0.5) is 5.69 Å². The molecular formula is C20H21ClN2O2S. The van der Waals surface area contributed by atoms with Crippen molar-refractivity contribution in [3.05, 3.63) is 65.2 Å². The van der Waals surface area contributed by atoms with E-state index in [2.05, 4.69) is 24.5 Å². The molecule has 0 aliphatic carbocycles. The molecule has 0 aliphatic rings. The van der Waals surface area contributed by atoms with Gasteiger partial charge in [0.1, 0.15) is 5.75 Å². The third-order valence-corrected chi connectivity index (χ3v) is 3.78. The standard InChI is InChI=1S/C20H21ClN2O2S/c1-14(2)13-25-17-8-5-7-16(12-17)22-20(26)23-19(24)11-10-15-6-3-4-9-18(15)21/h3-12,14H,13H2,1-2H3,(H2,22,23,24,26)/b11-10+. The Hall–Kier alpha value is -2.37. The highest BCUT2D eigenvalue weighted by Gasteiger charge is 2.04. The number of hydrogen-bond donors (Lipinski definition) is 2. The summed E-state index contributed by atoms with van der Waals surface area (Å²) in [6.07, 6.45) is 3.03. The maximum atomic E-state index is 12.0. The maximum Gasteiger partial charge on any atom is 0.250 e. The van der Waals surface area contributed by atoms with Gasteiger partial charge in [0.2, 0.25) is 5.91 Å². The monoisotopic (exact) mass is 388 g/mol. The van der Waals surface area contributed by atoms with E-state index in [0.29, 0.717) is 17.5 Å². The number of anilines is 1. The summed E-state index contributed by atoms with van der Waals surface area (Å²) < 4.78 is 5.68. The summed E-state index contributed by atoms with van der Waals surface area (Å²) in [6.45, 7) is 4.81. The molecule has 2 aromatic rings. The van der Waals surface area contributed by atoms with Crippen LogP contribution in [-0.2, 0) is 4.79 Å². The van der Waals surface area contributed by atoms with Crippen LogP contribution in [0.25, 0.3) is 6.08 Å². The van der Waals surface area contributed by atoms with Gasteiger partial charge in [-0.15, -0.1) is 0 Å². The van der Waals surface area contributed by atoms with Gasteiger partial charge in [-0.3, -0.25) is 10.1 Å². The third kappa shape index (κ3) is 6.86. The molecule has 0 atom stereocenters. The van der Waals surface area contributed by atoms with Crippen LogP contribution >= 0.6 is 23.8 Å². The summed E-state index contributed by atoms with van der Waals surface area (Å²) in [5, 5.41) is 6.36. The van der Waals surface area contributed by atoms with E-state index < -0.39 is 0 Å². The first-order valence-electron chi connectivity index (χ1n) is 8.21. The Morgan fingerprint density at radius 2 is 2.00 bits per heavy atom. The van der Waals surface area contributed by atoms with Crippen molar-refractivity contribution in [1.82, 2.24) is 5.32 Å². The molecule has 0 heterocycles. The highest BCUT2D eigenvalue weighted by Crippen LogP contribution is 2.18. The molecule has 0 saturated carbocycles. The van der Waals surface area contributed by atoms with Crippen LogP contribution in [0.3, 0.4) is 0 Å². The van der Waals surface area contributed by atoms with E-state index in [1.165, 1.54) is 6.08 Å². The molecule has 1 amide bonds. The number of rotatable bonds is 6. The second-order valence-corrected chi connectivity index (χ2v) is 6.85. The lowest BCUT2D eigenvalue weighted by atomic mass is 10.2. The molecule has 136 valence electrons. The Morgan fingerprint density at radius 1 is 1.23 bits per heavy atom. The lowest BCUT2D eigenvalue weighted by Gasteiger charge is -2.12. The van der Waals surface area contributed by atoms with E-state index in [4.69, 9.17) is 28.6 Å². The third-order valence-electron chi connectivity index (χ3n) is 3.23.